The zero-order chi connectivity index (χ0) is 102. The molecule has 5 aliphatic rings. The second-order valence-corrected chi connectivity index (χ2v) is 39.4. The van der Waals surface area contributed by atoms with Crippen LogP contribution < -0.4 is 20.2 Å². The number of morpholine rings is 3. The number of hydrogen-bond acceptors (Lipinski definition) is 22. The highest BCUT2D eigenvalue weighted by Gasteiger charge is 2.55. The number of anilines is 3. The summed E-state index contributed by atoms with van der Waals surface area (Å²) < 4.78 is 120. The van der Waals surface area contributed by atoms with Crippen LogP contribution in [-0.4, -0.2) is 204 Å². The minimum Gasteiger partial charge on any atom is -0.476 e. The summed E-state index contributed by atoms with van der Waals surface area (Å²) in [5.41, 5.74) is 18.2. The van der Waals surface area contributed by atoms with Gasteiger partial charge in [-0.15, -0.1) is 0 Å². The second-order valence-electron chi connectivity index (χ2n) is 37.1. The Bertz CT molecular complexity index is 7380. The number of nitrogens with one attached hydrogen (secondary N) is 1. The van der Waals surface area contributed by atoms with Crippen LogP contribution in [0.5, 0.6) is 0 Å². The largest absolute Gasteiger partial charge is 0.498 e. The number of carbonyl (C=O) groups is 2. The normalized spacial score (nSPS) is 15.2. The quantitative estimate of drug-likeness (QED) is 0.0310. The minimum atomic E-state index is -6.33. The number of aliphatic carboxylic acids is 1. The van der Waals surface area contributed by atoms with Gasteiger partial charge in [0.25, 0.3) is 0 Å². The molecule has 0 amide bonds. The third kappa shape index (κ3) is 21.3. The smallest absolute Gasteiger partial charge is 0.476 e. The van der Waals surface area contributed by atoms with E-state index in [1.165, 1.54) is 12.4 Å². The number of carboxylic acids is 1. The maximum absolute atomic E-state index is 12.9. The number of H-pyrrole nitrogens is 1. The molecule has 5 aliphatic heterocycles. The summed E-state index contributed by atoms with van der Waals surface area (Å²) in [5.74, 6) is -0.236. The molecule has 0 bridgehead atoms. The number of benzene rings is 9. The van der Waals surface area contributed by atoms with Crippen LogP contribution in [0.15, 0.2) is 338 Å². The fourth-order valence-electron chi connectivity index (χ4n) is 18.3. The molecule has 0 unspecified atom stereocenters. The molecule has 0 aliphatic carbocycles. The Morgan fingerprint density at radius 1 is 0.486 bits per heavy atom. The molecular weight excluding hydrogens is 1950 g/mol. The summed E-state index contributed by atoms with van der Waals surface area (Å²) in [5, 5.41) is 30.2. The lowest BCUT2D eigenvalue weighted by Gasteiger charge is -2.37. The molecule has 0 saturated carbocycles. The SMILES string of the molecule is Brc1ccc2c(c1)c(-c1ccnc(N3CCOCC3)c1)nn2C(c1ccccc1)(c1ccccc1)c1ccccc1.CC(C)(C)OC(=O)n1cc(B2OC(C)(C)C(C)(C)O2)cn1.FC(F)n1cc(-c2ccc3c(c2)C(c2ccnc(N4CCOCC4)c2)=NC3)cn1.O=C(O)C(F)(F)S(=O)(=O)F.c1ccc(C(c2ccccc2)(c2ccccc2)n2nc(-c3ccnc(N4CCOCC4)c3)c3cc(-c4cn[nH]c4)ccc32)cc1. The van der Waals surface area contributed by atoms with Crippen LogP contribution in [0.2, 0.25) is 0 Å². The number of aromatic amines is 1. The molecule has 36 heteroatoms. The van der Waals surface area contributed by atoms with Gasteiger partial charge in [0.2, 0.25) is 0 Å². The van der Waals surface area contributed by atoms with Crippen molar-refractivity contribution >= 4 is 95.8 Å². The van der Waals surface area contributed by atoms with Crippen molar-refractivity contribution in [2.45, 2.75) is 94.7 Å². The van der Waals surface area contributed by atoms with Gasteiger partial charge in [-0.3, -0.25) is 10.1 Å². The average Bonchev–Trinajstić information content (AvgIpc) is 1.56. The van der Waals surface area contributed by atoms with Gasteiger partial charge in [-0.25, -0.2) is 38.6 Å². The van der Waals surface area contributed by atoms with E-state index in [-0.39, 0.29) is 0 Å². The van der Waals surface area contributed by atoms with Crippen molar-refractivity contribution in [2.75, 3.05) is 93.6 Å². The number of aromatic nitrogens is 13. The van der Waals surface area contributed by atoms with Crippen molar-refractivity contribution in [1.29, 1.82) is 0 Å². The molecule has 8 aromatic heterocycles. The Labute approximate surface area is 849 Å². The van der Waals surface area contributed by atoms with Crippen molar-refractivity contribution in [3.63, 3.8) is 0 Å². The number of ether oxygens (including phenoxy) is 4. The summed E-state index contributed by atoms with van der Waals surface area (Å²) >= 11 is 3.74. The molecule has 146 heavy (non-hydrogen) atoms. The fraction of sp³-hybridized carbons (Fsp3) is 0.245. The average molecular weight is 2060 g/mol. The highest BCUT2D eigenvalue weighted by atomic mass is 79.9. The summed E-state index contributed by atoms with van der Waals surface area (Å²) in [6, 6.07) is 95.6. The molecule has 0 atom stereocenters. The number of alkyl halides is 4. The highest BCUT2D eigenvalue weighted by molar-refractivity contribution is 9.10. The second kappa shape index (κ2) is 43.1. The number of nitrogens with zero attached hydrogens (tertiary/aromatic N) is 16. The Morgan fingerprint density at radius 3 is 1.29 bits per heavy atom. The number of aliphatic imine (C=N–C) groups is 1. The number of halogens is 6. The number of carbonyl (C=O) groups excluding carboxylic acids is 1. The van der Waals surface area contributed by atoms with Crippen LogP contribution in [0.4, 0.5) is 43.7 Å². The Kier molecular flexibility index (Phi) is 29.8. The lowest BCUT2D eigenvalue weighted by molar-refractivity contribution is -0.154. The molecule has 9 aromatic carbocycles. The summed E-state index contributed by atoms with van der Waals surface area (Å²) in [7, 11) is -6.87. The number of pyridine rings is 3. The lowest BCUT2D eigenvalue weighted by atomic mass is 9.77. The van der Waals surface area contributed by atoms with Crippen LogP contribution in [-0.2, 0) is 60.9 Å². The van der Waals surface area contributed by atoms with Crippen molar-refractivity contribution in [2.24, 2.45) is 4.99 Å². The third-order valence-electron chi connectivity index (χ3n) is 26.2. The van der Waals surface area contributed by atoms with Gasteiger partial charge in [0.1, 0.15) is 45.5 Å². The number of carboxylic acid groups (broad SMARTS) is 1. The first kappa shape index (κ1) is 101. The Balaban J connectivity index is 0.000000128. The van der Waals surface area contributed by atoms with E-state index in [0.717, 1.165) is 183 Å². The molecule has 2 N–H and O–H groups in total. The number of hydrogen-bond donors (Lipinski definition) is 2. The molecule has 22 rings (SSSR count). The molecule has 0 spiro atoms. The monoisotopic (exact) mass is 2060 g/mol. The van der Waals surface area contributed by atoms with E-state index in [0.29, 0.717) is 61.9 Å². The van der Waals surface area contributed by atoms with E-state index in [1.807, 2.05) is 97.5 Å². The zero-order valence-corrected chi connectivity index (χ0v) is 83.3. The molecule has 746 valence electrons. The van der Waals surface area contributed by atoms with Gasteiger partial charge in [0, 0.05) is 137 Å². The maximum atomic E-state index is 12.9. The molecule has 28 nitrogen and oxygen atoms in total. The van der Waals surface area contributed by atoms with Crippen LogP contribution in [0.25, 0.3) is 66.6 Å². The van der Waals surface area contributed by atoms with Gasteiger partial charge < -0.3 is 48.1 Å². The standard InChI is InChI=1S/C38H32N6O.C35H29BrN4O.C21H19F2N5O.C14H23BN2O4.C2HF3O4S/c1-4-10-31(11-5-1)38(32-12-6-2-7-13-32,33-14-8-3-9-15-33)44-35-17-16-28(30-26-40-41-27-30)24-34(35)37(42-44)29-18-19-39-36(25-29)43-20-22-45-23-21-43;36-30-16-17-32-31(25-30)34(26-18-19-37-33(24-26)39-20-22-41-23-21-39)38-40(32)35(27-10-4-1-5-11-27,28-12-6-2-7-13-28)29-14-8-3-9-15-29;22-21(23)28-13-17(12-26-28)14-1-2-16-11-25-20(18(16)9-14)15-3-4-24-19(10-15)27-5-7-29-8-6-27;1-12(2,3)19-11(18)17-9-10(8-16-17)15-20-13(4,5)14(6,7)21-15;3-2(4,1(6)7)10(5,8)9/h1-19,24-27H,20-23H2,(H,40,41);1-19,24-25H,20-23H2;1-4,9-10,12-13,21H,5-8,11H2;8-9H,1-7H3;(H,6,7). The van der Waals surface area contributed by atoms with Crippen molar-refractivity contribution in [3.05, 3.63) is 383 Å². The van der Waals surface area contributed by atoms with Crippen molar-refractivity contribution in [1.82, 2.24) is 64.3 Å². The van der Waals surface area contributed by atoms with Crippen molar-refractivity contribution < 1.29 is 72.8 Å². The summed E-state index contributed by atoms with van der Waals surface area (Å²) in [6.07, 6.45) is 14.8. The van der Waals surface area contributed by atoms with Crippen LogP contribution >= 0.6 is 15.9 Å². The number of rotatable bonds is 20. The van der Waals surface area contributed by atoms with E-state index in [1.54, 1.807) is 18.6 Å². The van der Waals surface area contributed by atoms with Gasteiger partial charge in [0.15, 0.2) is 0 Å². The van der Waals surface area contributed by atoms with Gasteiger partial charge >= 0.3 is 41.2 Å². The topological polar surface area (TPSA) is 305 Å². The van der Waals surface area contributed by atoms with E-state index in [9.17, 15) is 39.5 Å². The van der Waals surface area contributed by atoms with Gasteiger partial charge in [-0.05, 0) is 171 Å². The first-order valence-corrected chi connectivity index (χ1v) is 49.7. The third-order valence-corrected chi connectivity index (χ3v) is 27.5. The Morgan fingerprint density at radius 2 is 0.897 bits per heavy atom. The van der Waals surface area contributed by atoms with Crippen molar-refractivity contribution in [3.8, 4) is 44.8 Å². The highest BCUT2D eigenvalue weighted by Crippen LogP contribution is 2.49. The number of fused-ring (bicyclic) bond motifs is 3. The predicted octanol–water partition coefficient (Wildman–Crippen LogP) is 20.2. The van der Waals surface area contributed by atoms with Crippen LogP contribution in [0.3, 0.4) is 0 Å². The first-order valence-electron chi connectivity index (χ1n) is 47.5. The van der Waals surface area contributed by atoms with Gasteiger partial charge in [-0.2, -0.15) is 56.2 Å². The molecule has 13 heterocycles. The van der Waals surface area contributed by atoms with Crippen LogP contribution in [0, 0.1) is 0 Å². The van der Waals surface area contributed by atoms with Gasteiger partial charge in [0.05, 0.1) is 86.5 Å². The zero-order valence-electron chi connectivity index (χ0n) is 80.9. The molecular formula is C110H104BBrF5N17O11S. The minimum absolute atomic E-state index is 0.425. The Hall–Kier alpha value is -15.0. The first-order chi connectivity index (χ1) is 70.4. The van der Waals surface area contributed by atoms with E-state index >= 15 is 0 Å². The van der Waals surface area contributed by atoms with E-state index in [4.69, 9.17) is 58.5 Å². The molecule has 17 aromatic rings. The van der Waals surface area contributed by atoms with E-state index < -0.39 is 69.1 Å². The molecule has 4 saturated heterocycles. The summed E-state index contributed by atoms with van der Waals surface area (Å²) in [4.78, 5) is 46.7. The van der Waals surface area contributed by atoms with E-state index in [2.05, 4.69) is 314 Å². The maximum Gasteiger partial charge on any atom is 0.498 e. The lowest BCUT2D eigenvalue weighted by Crippen LogP contribution is -2.41. The molecule has 4 fully saturated rings. The fourth-order valence-corrected chi connectivity index (χ4v) is 18.9. The van der Waals surface area contributed by atoms with Gasteiger partial charge in [-0.1, -0.05) is 220 Å². The predicted molar refractivity (Wildman–Crippen MR) is 554 cm³/mol. The summed E-state index contributed by atoms with van der Waals surface area (Å²) in [6.45, 7) is 20.4. The molecule has 0 radical (unpaired) electrons. The van der Waals surface area contributed by atoms with Crippen LogP contribution in [0.1, 0.15) is 105 Å².